The van der Waals surface area contributed by atoms with Crippen molar-refractivity contribution in [2.75, 3.05) is 7.11 Å². The minimum atomic E-state index is -4.39. The number of benzene rings is 2. The summed E-state index contributed by atoms with van der Waals surface area (Å²) in [4.78, 5) is 11.3. The monoisotopic (exact) mass is 513 g/mol. The quantitative estimate of drug-likeness (QED) is 0.418. The fraction of sp³-hybridized carbons (Fsp3) is 0.364. The molecule has 2 aromatic carbocycles. The van der Waals surface area contributed by atoms with Crippen LogP contribution >= 0.6 is 11.6 Å². The van der Waals surface area contributed by atoms with Crippen LogP contribution in [0.25, 0.3) is 0 Å². The van der Waals surface area contributed by atoms with Crippen LogP contribution in [0.3, 0.4) is 0 Å². The van der Waals surface area contributed by atoms with Gasteiger partial charge in [-0.05, 0) is 55.7 Å². The molecule has 34 heavy (non-hydrogen) atoms. The van der Waals surface area contributed by atoms with Gasteiger partial charge in [0.1, 0.15) is 22.5 Å². The van der Waals surface area contributed by atoms with Crippen LogP contribution in [-0.2, 0) is 10.0 Å². The molecule has 0 aliphatic heterocycles. The number of methoxy groups -OCH3 is 1. The first-order chi connectivity index (χ1) is 15.9. The summed E-state index contributed by atoms with van der Waals surface area (Å²) in [6.07, 6.45) is -1.12. The van der Waals surface area contributed by atoms with E-state index in [4.69, 9.17) is 20.8 Å². The summed E-state index contributed by atoms with van der Waals surface area (Å²) in [5, 5.41) is 16.1. The van der Waals surface area contributed by atoms with Crippen LogP contribution in [0.15, 0.2) is 38.4 Å². The van der Waals surface area contributed by atoms with E-state index >= 15 is 0 Å². The molecule has 0 aliphatic carbocycles. The number of aryl methyl sites for hydroxylation is 1. The number of hydrogen-bond donors (Lipinski definition) is 3. The highest BCUT2D eigenvalue weighted by Crippen LogP contribution is 2.39. The van der Waals surface area contributed by atoms with Crippen molar-refractivity contribution in [3.05, 3.63) is 73.8 Å². The van der Waals surface area contributed by atoms with E-state index in [1.54, 1.807) is 26.8 Å². The number of nitrogens with one attached hydrogen (secondary N) is 2. The number of aliphatic hydroxyl groups is 1. The van der Waals surface area contributed by atoms with Crippen molar-refractivity contribution in [2.45, 2.75) is 50.7 Å². The van der Waals surface area contributed by atoms with E-state index < -0.39 is 39.7 Å². The standard InChI is InChI=1S/C22H25ClFN3O6S/c1-10-6-8-15(24)17(11(10)2)12(3)19(21-25-26-22(29)33-21)27-34(30,31)16-9-7-14(23)18(13(4)28)20(16)32-5/h6-9,12-13,19,27-28H,1-5H3,(H,26,29)/t12-,13?,19+/m1/s1. The molecular weight excluding hydrogens is 489 g/mol. The predicted octanol–water partition coefficient (Wildman–Crippen LogP) is 3.66. The van der Waals surface area contributed by atoms with E-state index in [-0.39, 0.29) is 32.7 Å². The van der Waals surface area contributed by atoms with E-state index in [2.05, 4.69) is 14.9 Å². The largest absolute Gasteiger partial charge is 0.495 e. The van der Waals surface area contributed by atoms with E-state index in [1.807, 2.05) is 0 Å². The number of H-pyrrole nitrogens is 1. The number of aliphatic hydroxyl groups excluding tert-OH is 1. The molecule has 0 aliphatic rings. The Balaban J connectivity index is 2.17. The number of sulfonamides is 1. The van der Waals surface area contributed by atoms with E-state index in [0.717, 1.165) is 5.56 Å². The molecule has 3 aromatic rings. The lowest BCUT2D eigenvalue weighted by molar-refractivity contribution is 0.193. The molecule has 9 nitrogen and oxygen atoms in total. The van der Waals surface area contributed by atoms with E-state index in [1.165, 1.54) is 32.2 Å². The molecule has 12 heteroatoms. The first kappa shape index (κ1) is 25.9. The highest BCUT2D eigenvalue weighted by atomic mass is 35.5. The maximum absolute atomic E-state index is 14.9. The van der Waals surface area contributed by atoms with Crippen LogP contribution in [0.1, 0.15) is 60.1 Å². The van der Waals surface area contributed by atoms with Gasteiger partial charge in [0.2, 0.25) is 15.9 Å². The Bertz CT molecular complexity index is 1370. The molecule has 3 N–H and O–H groups in total. The molecule has 3 atom stereocenters. The molecule has 0 spiro atoms. The first-order valence-corrected chi connectivity index (χ1v) is 12.1. The third-order valence-electron chi connectivity index (χ3n) is 5.71. The SMILES string of the molecule is COc1c(S(=O)(=O)N[C@H](c2n[nH]c(=O)o2)[C@H](C)c2c(F)ccc(C)c2C)ccc(Cl)c1C(C)O. The van der Waals surface area contributed by atoms with E-state index in [0.29, 0.717) is 5.56 Å². The van der Waals surface area contributed by atoms with Crippen molar-refractivity contribution >= 4 is 21.6 Å². The second-order valence-electron chi connectivity index (χ2n) is 7.91. The van der Waals surface area contributed by atoms with Crippen molar-refractivity contribution in [1.29, 1.82) is 0 Å². The van der Waals surface area contributed by atoms with Crippen LogP contribution in [0.4, 0.5) is 4.39 Å². The third-order valence-corrected chi connectivity index (χ3v) is 7.50. The fourth-order valence-corrected chi connectivity index (χ4v) is 5.63. The summed E-state index contributed by atoms with van der Waals surface area (Å²) in [6.45, 7) is 6.52. The average molecular weight is 514 g/mol. The summed E-state index contributed by atoms with van der Waals surface area (Å²) < 4.78 is 54.6. The minimum Gasteiger partial charge on any atom is -0.495 e. The Morgan fingerprint density at radius 2 is 1.88 bits per heavy atom. The zero-order chi connectivity index (χ0) is 25.4. The maximum Gasteiger partial charge on any atom is 0.434 e. The van der Waals surface area contributed by atoms with Crippen molar-refractivity contribution in [3.8, 4) is 5.75 Å². The van der Waals surface area contributed by atoms with Crippen LogP contribution in [0, 0.1) is 19.7 Å². The topological polar surface area (TPSA) is 135 Å². The molecule has 1 aromatic heterocycles. The molecule has 0 radical (unpaired) electrons. The summed E-state index contributed by atoms with van der Waals surface area (Å²) in [6, 6.07) is 4.17. The zero-order valence-electron chi connectivity index (χ0n) is 19.1. The second-order valence-corrected chi connectivity index (χ2v) is 10.00. The Labute approximate surface area is 201 Å². The minimum absolute atomic E-state index is 0.0866. The lowest BCUT2D eigenvalue weighted by atomic mass is 9.88. The lowest BCUT2D eigenvalue weighted by Gasteiger charge is -2.25. The Morgan fingerprint density at radius 1 is 1.21 bits per heavy atom. The van der Waals surface area contributed by atoms with Crippen LogP contribution < -0.4 is 15.2 Å². The van der Waals surface area contributed by atoms with Crippen LogP contribution in [0.2, 0.25) is 5.02 Å². The molecular formula is C22H25ClFN3O6S. The van der Waals surface area contributed by atoms with E-state index in [9.17, 15) is 22.7 Å². The molecule has 0 amide bonds. The van der Waals surface area contributed by atoms with Gasteiger partial charge in [0.15, 0.2) is 0 Å². The molecule has 184 valence electrons. The molecule has 3 rings (SSSR count). The molecule has 0 bridgehead atoms. The zero-order valence-corrected chi connectivity index (χ0v) is 20.7. The molecule has 1 unspecified atom stereocenters. The first-order valence-electron chi connectivity index (χ1n) is 10.3. The predicted molar refractivity (Wildman–Crippen MR) is 123 cm³/mol. The number of ether oxygens (including phenoxy) is 1. The number of rotatable bonds is 8. The normalized spacial score (nSPS) is 14.6. The van der Waals surface area contributed by atoms with Gasteiger partial charge in [0, 0.05) is 11.5 Å². The van der Waals surface area contributed by atoms with Gasteiger partial charge in [-0.1, -0.05) is 24.6 Å². The van der Waals surface area contributed by atoms with Gasteiger partial charge in [-0.15, -0.1) is 5.10 Å². The third kappa shape index (κ3) is 4.88. The van der Waals surface area contributed by atoms with Crippen molar-refractivity contribution in [1.82, 2.24) is 14.9 Å². The smallest absolute Gasteiger partial charge is 0.434 e. The van der Waals surface area contributed by atoms with Gasteiger partial charge < -0.3 is 14.3 Å². The van der Waals surface area contributed by atoms with Crippen LogP contribution in [-0.4, -0.2) is 30.8 Å². The molecule has 1 heterocycles. The number of aromatic amines is 1. The Morgan fingerprint density at radius 3 is 2.44 bits per heavy atom. The van der Waals surface area contributed by atoms with Crippen molar-refractivity contribution in [2.24, 2.45) is 0 Å². The van der Waals surface area contributed by atoms with Crippen molar-refractivity contribution < 1.29 is 27.1 Å². The number of halogens is 2. The van der Waals surface area contributed by atoms with Gasteiger partial charge in [-0.2, -0.15) is 4.72 Å². The van der Waals surface area contributed by atoms with Gasteiger partial charge in [0.25, 0.3) is 0 Å². The van der Waals surface area contributed by atoms with Gasteiger partial charge in [-0.25, -0.2) is 22.7 Å². The maximum atomic E-state index is 14.9. The Hall–Kier alpha value is -2.73. The van der Waals surface area contributed by atoms with Crippen molar-refractivity contribution in [3.63, 3.8) is 0 Å². The summed E-state index contributed by atoms with van der Waals surface area (Å²) >= 11 is 6.15. The summed E-state index contributed by atoms with van der Waals surface area (Å²) in [5.74, 6) is -2.70. The second kappa shape index (κ2) is 9.87. The summed E-state index contributed by atoms with van der Waals surface area (Å²) in [5.41, 5.74) is 1.75. The van der Waals surface area contributed by atoms with Gasteiger partial charge in [-0.3, -0.25) is 0 Å². The van der Waals surface area contributed by atoms with Crippen LogP contribution in [0.5, 0.6) is 5.75 Å². The van der Waals surface area contributed by atoms with Gasteiger partial charge >= 0.3 is 5.76 Å². The number of aromatic nitrogens is 2. The summed E-state index contributed by atoms with van der Waals surface area (Å²) in [7, 11) is -3.14. The molecule has 0 saturated carbocycles. The molecule has 0 saturated heterocycles. The number of hydrogen-bond acceptors (Lipinski definition) is 7. The molecule has 0 fully saturated rings. The lowest BCUT2D eigenvalue weighted by Crippen LogP contribution is -2.33. The Kier molecular flexibility index (Phi) is 7.51. The number of nitrogens with zero attached hydrogens (tertiary/aromatic N) is 1. The fourth-order valence-electron chi connectivity index (χ4n) is 3.87. The highest BCUT2D eigenvalue weighted by molar-refractivity contribution is 7.89. The average Bonchev–Trinajstić information content (AvgIpc) is 3.20. The highest BCUT2D eigenvalue weighted by Gasteiger charge is 2.35. The van der Waals surface area contributed by atoms with Gasteiger partial charge in [0.05, 0.1) is 18.2 Å².